The number of nitrogens with one attached hydrogen (secondary N) is 2. The van der Waals surface area contributed by atoms with Gasteiger partial charge in [0.1, 0.15) is 11.5 Å². The lowest BCUT2D eigenvalue weighted by atomic mass is 9.74. The molecule has 1 fully saturated rings. The Bertz CT molecular complexity index is 904. The fraction of sp³-hybridized carbons (Fsp3) is 0.458. The Morgan fingerprint density at radius 3 is 2.42 bits per heavy atom. The maximum absolute atomic E-state index is 12.7. The molecule has 6 nitrogen and oxygen atoms in total. The summed E-state index contributed by atoms with van der Waals surface area (Å²) in [5.74, 6) is 1.57. The predicted molar refractivity (Wildman–Crippen MR) is 136 cm³/mol. The highest BCUT2D eigenvalue weighted by Gasteiger charge is 2.34. The minimum absolute atomic E-state index is 0. The maximum atomic E-state index is 12.7. The second-order valence-electron chi connectivity index (χ2n) is 7.89. The fourth-order valence-electron chi connectivity index (χ4n) is 3.98. The van der Waals surface area contributed by atoms with Gasteiger partial charge in [-0.3, -0.25) is 4.99 Å². The molecule has 33 heavy (non-hydrogen) atoms. The van der Waals surface area contributed by atoms with E-state index < -0.39 is 6.61 Å². The lowest BCUT2D eigenvalue weighted by Gasteiger charge is -2.38. The molecular formula is C24H32F2IN3O3. The van der Waals surface area contributed by atoms with Gasteiger partial charge in [-0.1, -0.05) is 29.8 Å². The molecule has 0 aromatic heterocycles. The molecule has 2 aromatic carbocycles. The van der Waals surface area contributed by atoms with Crippen LogP contribution in [0.4, 0.5) is 8.78 Å². The summed E-state index contributed by atoms with van der Waals surface area (Å²) in [4.78, 5) is 4.31. The van der Waals surface area contributed by atoms with Gasteiger partial charge in [-0.05, 0) is 43.5 Å². The van der Waals surface area contributed by atoms with Crippen LogP contribution in [0, 0.1) is 6.92 Å². The summed E-state index contributed by atoms with van der Waals surface area (Å²) in [6.07, 6.45) is 1.77. The molecule has 0 aliphatic carbocycles. The van der Waals surface area contributed by atoms with Gasteiger partial charge >= 0.3 is 6.61 Å². The second kappa shape index (κ2) is 12.9. The van der Waals surface area contributed by atoms with Crippen molar-refractivity contribution >= 4 is 29.9 Å². The first kappa shape index (κ1) is 27.1. The first-order valence-corrected chi connectivity index (χ1v) is 10.7. The van der Waals surface area contributed by atoms with Crippen molar-refractivity contribution in [1.82, 2.24) is 10.6 Å². The average Bonchev–Trinajstić information content (AvgIpc) is 2.81. The number of nitrogens with zero attached hydrogens (tertiary/aromatic N) is 1. The van der Waals surface area contributed by atoms with Crippen molar-refractivity contribution in [3.05, 3.63) is 59.2 Å². The van der Waals surface area contributed by atoms with Crippen LogP contribution in [0.25, 0.3) is 0 Å². The topological polar surface area (TPSA) is 64.1 Å². The normalized spacial score (nSPS) is 15.5. The van der Waals surface area contributed by atoms with Crippen LogP contribution < -0.4 is 20.1 Å². The summed E-state index contributed by atoms with van der Waals surface area (Å²) in [6, 6.07) is 13.3. The minimum atomic E-state index is -2.87. The van der Waals surface area contributed by atoms with Gasteiger partial charge < -0.3 is 24.8 Å². The van der Waals surface area contributed by atoms with Crippen molar-refractivity contribution in [3.63, 3.8) is 0 Å². The number of rotatable bonds is 8. The third-order valence-electron chi connectivity index (χ3n) is 5.85. The Labute approximate surface area is 211 Å². The van der Waals surface area contributed by atoms with E-state index in [0.717, 1.165) is 24.2 Å². The number of guanidine groups is 1. The van der Waals surface area contributed by atoms with E-state index in [4.69, 9.17) is 9.47 Å². The smallest absolute Gasteiger partial charge is 0.387 e. The van der Waals surface area contributed by atoms with E-state index >= 15 is 0 Å². The molecule has 0 amide bonds. The Balaban J connectivity index is 0.00000385. The molecule has 1 heterocycles. The van der Waals surface area contributed by atoms with Gasteiger partial charge in [-0.15, -0.1) is 24.0 Å². The Hall–Kier alpha value is -2.14. The first-order chi connectivity index (χ1) is 15.5. The molecule has 3 rings (SSSR count). The molecule has 182 valence electrons. The van der Waals surface area contributed by atoms with Crippen LogP contribution in [0.3, 0.4) is 0 Å². The average molecular weight is 575 g/mol. The molecule has 0 radical (unpaired) electrons. The van der Waals surface area contributed by atoms with E-state index in [0.29, 0.717) is 37.8 Å². The molecule has 1 aliphatic rings. The van der Waals surface area contributed by atoms with Crippen LogP contribution in [-0.4, -0.2) is 46.5 Å². The number of methoxy groups -OCH3 is 1. The number of aryl methyl sites for hydroxylation is 1. The lowest BCUT2D eigenvalue weighted by molar-refractivity contribution is -0.0504. The molecule has 1 aliphatic heterocycles. The number of halogens is 3. The Kier molecular flexibility index (Phi) is 10.6. The monoisotopic (exact) mass is 575 g/mol. The fourth-order valence-corrected chi connectivity index (χ4v) is 3.98. The van der Waals surface area contributed by atoms with Crippen molar-refractivity contribution < 1.29 is 23.0 Å². The summed E-state index contributed by atoms with van der Waals surface area (Å²) in [5.41, 5.74) is 2.72. The van der Waals surface area contributed by atoms with Crippen LogP contribution in [0.1, 0.15) is 29.5 Å². The summed E-state index contributed by atoms with van der Waals surface area (Å²) >= 11 is 0. The lowest BCUT2D eigenvalue weighted by Crippen LogP contribution is -2.47. The predicted octanol–water partition coefficient (Wildman–Crippen LogP) is 4.64. The molecule has 0 spiro atoms. The highest BCUT2D eigenvalue weighted by molar-refractivity contribution is 14.0. The van der Waals surface area contributed by atoms with Crippen LogP contribution in [0.15, 0.2) is 47.5 Å². The zero-order valence-electron chi connectivity index (χ0n) is 19.2. The maximum Gasteiger partial charge on any atom is 0.387 e. The molecule has 0 atom stereocenters. The van der Waals surface area contributed by atoms with Gasteiger partial charge in [-0.25, -0.2) is 0 Å². The van der Waals surface area contributed by atoms with E-state index in [9.17, 15) is 8.78 Å². The minimum Gasteiger partial charge on any atom is -0.497 e. The Morgan fingerprint density at radius 1 is 1.12 bits per heavy atom. The van der Waals surface area contributed by atoms with Crippen LogP contribution in [-0.2, 0) is 16.7 Å². The third kappa shape index (κ3) is 7.43. The summed E-state index contributed by atoms with van der Waals surface area (Å²) in [7, 11) is 3.34. The zero-order chi connectivity index (χ0) is 23.0. The van der Waals surface area contributed by atoms with Gasteiger partial charge in [0.2, 0.25) is 0 Å². The number of benzene rings is 2. The summed E-state index contributed by atoms with van der Waals surface area (Å²) in [6.45, 7) is 1.39. The van der Waals surface area contributed by atoms with Crippen LogP contribution in [0.5, 0.6) is 11.5 Å². The second-order valence-corrected chi connectivity index (χ2v) is 7.89. The number of aliphatic imine (C=N–C) groups is 1. The molecule has 0 bridgehead atoms. The van der Waals surface area contributed by atoms with Crippen LogP contribution >= 0.6 is 24.0 Å². The largest absolute Gasteiger partial charge is 0.497 e. The number of alkyl halides is 2. The summed E-state index contributed by atoms with van der Waals surface area (Å²) in [5, 5.41) is 6.63. The van der Waals surface area contributed by atoms with Crippen molar-refractivity contribution in [2.45, 2.75) is 38.3 Å². The van der Waals surface area contributed by atoms with Crippen LogP contribution in [0.2, 0.25) is 0 Å². The van der Waals surface area contributed by atoms with Crippen molar-refractivity contribution in [3.8, 4) is 11.5 Å². The van der Waals surface area contributed by atoms with E-state index in [-0.39, 0.29) is 35.1 Å². The van der Waals surface area contributed by atoms with Crippen molar-refractivity contribution in [1.29, 1.82) is 0 Å². The van der Waals surface area contributed by atoms with E-state index in [1.807, 2.05) is 25.1 Å². The Morgan fingerprint density at radius 2 is 1.82 bits per heavy atom. The molecular weight excluding hydrogens is 543 g/mol. The van der Waals surface area contributed by atoms with E-state index in [2.05, 4.69) is 32.5 Å². The summed E-state index contributed by atoms with van der Waals surface area (Å²) < 4.78 is 41.1. The molecule has 2 N–H and O–H groups in total. The van der Waals surface area contributed by atoms with E-state index in [1.165, 1.54) is 5.56 Å². The van der Waals surface area contributed by atoms with Crippen molar-refractivity contribution in [2.24, 2.45) is 4.99 Å². The zero-order valence-corrected chi connectivity index (χ0v) is 21.5. The third-order valence-corrected chi connectivity index (χ3v) is 5.85. The highest BCUT2D eigenvalue weighted by atomic mass is 127. The van der Waals surface area contributed by atoms with E-state index in [1.54, 1.807) is 26.3 Å². The molecule has 2 aromatic rings. The number of hydrogen-bond acceptors (Lipinski definition) is 4. The van der Waals surface area contributed by atoms with Gasteiger partial charge in [0.25, 0.3) is 0 Å². The van der Waals surface area contributed by atoms with Gasteiger partial charge in [-0.2, -0.15) is 8.78 Å². The highest BCUT2D eigenvalue weighted by Crippen LogP contribution is 2.35. The standard InChI is InChI=1S/C24H31F2N3O3.HI/c1-17-4-9-21(32-22(25)26)18(14-17)15-28-23(27-2)29-16-24(10-12-31-13-11-24)19-5-7-20(30-3)8-6-19;/h4-9,14,22H,10-13,15-16H2,1-3H3,(H2,27,28,29);1H. The number of hydrogen-bond donors (Lipinski definition) is 2. The first-order valence-electron chi connectivity index (χ1n) is 10.7. The van der Waals surface area contributed by atoms with Gasteiger partial charge in [0.05, 0.1) is 7.11 Å². The van der Waals surface area contributed by atoms with Crippen molar-refractivity contribution in [2.75, 3.05) is 33.9 Å². The SMILES string of the molecule is CN=C(NCc1cc(C)ccc1OC(F)F)NCC1(c2ccc(OC)cc2)CCOCC1.I. The molecule has 0 saturated carbocycles. The molecule has 0 unspecified atom stereocenters. The van der Waals surface area contributed by atoms with Gasteiger partial charge in [0.15, 0.2) is 5.96 Å². The number of ether oxygens (including phenoxy) is 3. The molecule has 1 saturated heterocycles. The quantitative estimate of drug-likeness (QED) is 0.273. The van der Waals surface area contributed by atoms with Gasteiger partial charge in [0, 0.05) is 44.3 Å². The molecule has 9 heteroatoms.